The van der Waals surface area contributed by atoms with Crippen molar-refractivity contribution in [3.05, 3.63) is 0 Å². The first-order chi connectivity index (χ1) is 16.7. The molecule has 1 aliphatic carbocycles. The molecule has 2 rings (SSSR count). The predicted octanol–water partition coefficient (Wildman–Crippen LogP) is 2.15. The average molecular weight is 566 g/mol. The molecule has 7 N–H and O–H groups in total. The van der Waals surface area contributed by atoms with E-state index in [1.807, 2.05) is 7.05 Å². The van der Waals surface area contributed by atoms with E-state index in [9.17, 15) is 0 Å². The standard InChI is InChI=1S/C24H53N7.2ClH.Mn/c1-25-13-7-5-9-21-19-30-22(10-6-8-14-26-2)20-31-24-12-4-3-11-23(24)29-18-16-27-15-17-28-21;;;/h21-31H,3-20H2,1-2H3;2*1H;/q;;;+2/p-2/t21-,22+,23-,24-;;;/m0.../s1. The summed E-state index contributed by atoms with van der Waals surface area (Å²) >= 11 is 0.00694. The molecule has 0 bridgehead atoms. The molecule has 2 fully saturated rings. The number of fused-ring (bicyclic) bond motifs is 1. The molecule has 1 aliphatic heterocycles. The Kier molecular flexibility index (Phi) is 23.4. The van der Waals surface area contributed by atoms with Gasteiger partial charge in [-0.3, -0.25) is 0 Å². The molecule has 1 saturated carbocycles. The monoisotopic (exact) mass is 564 g/mol. The van der Waals surface area contributed by atoms with E-state index in [1.165, 1.54) is 64.2 Å². The second-order valence-electron chi connectivity index (χ2n) is 9.62. The quantitative estimate of drug-likeness (QED) is 0.162. The second kappa shape index (κ2) is 24.2. The Morgan fingerprint density at radius 3 is 1.76 bits per heavy atom. The van der Waals surface area contributed by atoms with Crippen molar-refractivity contribution in [2.24, 2.45) is 0 Å². The Balaban J connectivity index is 0.00000182. The van der Waals surface area contributed by atoms with Crippen LogP contribution >= 0.6 is 20.2 Å². The Labute approximate surface area is 224 Å². The second-order valence-corrected chi connectivity index (χ2v) is 11.6. The van der Waals surface area contributed by atoms with Gasteiger partial charge >= 0.3 is 33.3 Å². The van der Waals surface area contributed by atoms with Gasteiger partial charge in [-0.15, -0.1) is 0 Å². The summed E-state index contributed by atoms with van der Waals surface area (Å²) in [4.78, 5) is 0. The number of hydrogen-bond donors (Lipinski definition) is 7. The van der Waals surface area contributed by atoms with E-state index in [-0.39, 0.29) is 13.1 Å². The SMILES string of the molecule is CNCCCC[C@@H]1CN[C@H]2CCCC[C@@H]2NCCNCCN[C@@H](CCCCNC)CN1.[Cl][Mn][Cl]. The molecule has 0 aromatic rings. The van der Waals surface area contributed by atoms with Crippen molar-refractivity contribution in [1.29, 1.82) is 0 Å². The molecule has 2 aliphatic rings. The summed E-state index contributed by atoms with van der Waals surface area (Å²) in [5.41, 5.74) is 0. The topological polar surface area (TPSA) is 84.2 Å². The molecule has 1 saturated heterocycles. The van der Waals surface area contributed by atoms with Gasteiger partial charge in [0, 0.05) is 63.4 Å². The summed E-state index contributed by atoms with van der Waals surface area (Å²) in [6.07, 6.45) is 13.0. The van der Waals surface area contributed by atoms with Crippen LogP contribution in [0, 0.1) is 0 Å². The summed E-state index contributed by atoms with van der Waals surface area (Å²) in [5, 5.41) is 25.8. The van der Waals surface area contributed by atoms with Crippen LogP contribution in [0.5, 0.6) is 0 Å². The molecule has 1 heterocycles. The number of halogens is 2. The van der Waals surface area contributed by atoms with Crippen LogP contribution in [0.25, 0.3) is 0 Å². The molecule has 0 aromatic heterocycles. The van der Waals surface area contributed by atoms with E-state index in [2.05, 4.69) is 44.3 Å². The van der Waals surface area contributed by atoms with E-state index in [4.69, 9.17) is 20.2 Å². The minimum atomic E-state index is 0.00694. The van der Waals surface area contributed by atoms with Crippen LogP contribution in [0.2, 0.25) is 0 Å². The first-order valence-corrected chi connectivity index (χ1v) is 16.8. The fraction of sp³-hybridized carbons (Fsp3) is 1.00. The molecule has 0 amide bonds. The van der Waals surface area contributed by atoms with Crippen molar-refractivity contribution in [2.75, 3.05) is 66.5 Å². The van der Waals surface area contributed by atoms with Crippen LogP contribution in [-0.2, 0) is 13.1 Å². The van der Waals surface area contributed by atoms with Crippen molar-refractivity contribution in [2.45, 2.75) is 88.4 Å². The third-order valence-corrected chi connectivity index (χ3v) is 6.95. The zero-order valence-corrected chi connectivity index (χ0v) is 24.4. The van der Waals surface area contributed by atoms with Crippen molar-refractivity contribution in [3.8, 4) is 0 Å². The average Bonchev–Trinajstić information content (AvgIpc) is 2.85. The van der Waals surface area contributed by atoms with Crippen LogP contribution < -0.4 is 37.2 Å². The number of hydrogen-bond acceptors (Lipinski definition) is 7. The normalized spacial score (nSPS) is 27.5. The third kappa shape index (κ3) is 17.3. The van der Waals surface area contributed by atoms with Gasteiger partial charge in [0.25, 0.3) is 0 Å². The maximum absolute atomic E-state index is 4.80. The molecule has 0 radical (unpaired) electrons. The Morgan fingerprint density at radius 1 is 0.676 bits per heavy atom. The van der Waals surface area contributed by atoms with Crippen molar-refractivity contribution in [3.63, 3.8) is 0 Å². The molecule has 0 unspecified atom stereocenters. The van der Waals surface area contributed by atoms with E-state index < -0.39 is 0 Å². The summed E-state index contributed by atoms with van der Waals surface area (Å²) in [6.45, 7) is 8.64. The molecule has 7 nitrogen and oxygen atoms in total. The van der Waals surface area contributed by atoms with Gasteiger partial charge in [-0.05, 0) is 65.7 Å². The van der Waals surface area contributed by atoms with Crippen molar-refractivity contribution >= 4 is 20.2 Å². The molecular formula is C24H53Cl2MnN7. The van der Waals surface area contributed by atoms with Crippen LogP contribution in [0.4, 0.5) is 0 Å². The van der Waals surface area contributed by atoms with Crippen molar-refractivity contribution in [1.82, 2.24) is 37.2 Å². The fourth-order valence-corrected chi connectivity index (χ4v) is 5.00. The Bertz CT molecular complexity index is 440. The summed E-state index contributed by atoms with van der Waals surface area (Å²) in [7, 11) is 13.7. The van der Waals surface area contributed by atoms with E-state index >= 15 is 0 Å². The predicted molar refractivity (Wildman–Crippen MR) is 146 cm³/mol. The summed E-state index contributed by atoms with van der Waals surface area (Å²) in [6, 6.07) is 2.37. The molecular weight excluding hydrogens is 512 g/mol. The first-order valence-electron chi connectivity index (χ1n) is 13.6. The molecule has 10 heteroatoms. The maximum atomic E-state index is 4.80. The molecule has 34 heavy (non-hydrogen) atoms. The molecule has 205 valence electrons. The van der Waals surface area contributed by atoms with Crippen LogP contribution in [0.15, 0.2) is 0 Å². The van der Waals surface area contributed by atoms with Gasteiger partial charge in [-0.1, -0.05) is 25.7 Å². The van der Waals surface area contributed by atoms with Crippen LogP contribution in [0.3, 0.4) is 0 Å². The van der Waals surface area contributed by atoms with Gasteiger partial charge in [-0.25, -0.2) is 0 Å². The van der Waals surface area contributed by atoms with Gasteiger partial charge in [0.1, 0.15) is 0 Å². The first kappa shape index (κ1) is 32.8. The van der Waals surface area contributed by atoms with Gasteiger partial charge < -0.3 is 37.2 Å². The molecule has 4 atom stereocenters. The zero-order valence-electron chi connectivity index (χ0n) is 21.7. The van der Waals surface area contributed by atoms with E-state index in [0.29, 0.717) is 24.2 Å². The van der Waals surface area contributed by atoms with Crippen molar-refractivity contribution < 1.29 is 13.1 Å². The van der Waals surface area contributed by atoms with Gasteiger partial charge in [-0.2, -0.15) is 0 Å². The summed E-state index contributed by atoms with van der Waals surface area (Å²) in [5.74, 6) is 0. The number of rotatable bonds is 10. The fourth-order valence-electron chi connectivity index (χ4n) is 5.00. The van der Waals surface area contributed by atoms with Gasteiger partial charge in [0.2, 0.25) is 0 Å². The van der Waals surface area contributed by atoms with E-state index in [0.717, 1.165) is 52.4 Å². The number of nitrogens with one attached hydrogen (secondary N) is 7. The molecule has 0 aromatic carbocycles. The summed E-state index contributed by atoms with van der Waals surface area (Å²) < 4.78 is 0. The van der Waals surface area contributed by atoms with E-state index in [1.54, 1.807) is 0 Å². The molecule has 0 spiro atoms. The minimum absolute atomic E-state index is 0.00694. The third-order valence-electron chi connectivity index (χ3n) is 6.95. The zero-order chi connectivity index (χ0) is 24.7. The van der Waals surface area contributed by atoms with Gasteiger partial charge in [0.05, 0.1) is 0 Å². The van der Waals surface area contributed by atoms with Gasteiger partial charge in [0.15, 0.2) is 0 Å². The Hall–Kier alpha value is 0.819. The number of unbranched alkanes of at least 4 members (excludes halogenated alkanes) is 2. The Morgan fingerprint density at radius 2 is 1.18 bits per heavy atom. The van der Waals surface area contributed by atoms with Crippen LogP contribution in [-0.4, -0.2) is 90.6 Å². The van der Waals surface area contributed by atoms with Crippen LogP contribution in [0.1, 0.15) is 64.2 Å².